The molecule has 2 aromatic heterocycles. The van der Waals surface area contributed by atoms with E-state index in [1.165, 1.54) is 12.1 Å². The predicted molar refractivity (Wildman–Crippen MR) is 137 cm³/mol. The Hall–Kier alpha value is -1.22. The van der Waals surface area contributed by atoms with Crippen molar-refractivity contribution in [1.82, 2.24) is 13.1 Å². The van der Waals surface area contributed by atoms with Crippen molar-refractivity contribution in [1.29, 1.82) is 0 Å². The summed E-state index contributed by atoms with van der Waals surface area (Å²) in [5.74, 6) is -0.649. The number of fused-ring (bicyclic) bond motifs is 3. The number of hydrogen-bond acceptors (Lipinski definition) is 4. The van der Waals surface area contributed by atoms with Crippen molar-refractivity contribution >= 4 is 66.2 Å². The molecule has 0 saturated heterocycles. The maximum atomic E-state index is 15.0. The van der Waals surface area contributed by atoms with E-state index in [-0.39, 0.29) is 27.8 Å². The van der Waals surface area contributed by atoms with E-state index in [1.807, 2.05) is 22.6 Å². The average molecular weight is 683 g/mol. The van der Waals surface area contributed by atoms with Gasteiger partial charge in [0.1, 0.15) is 11.3 Å². The van der Waals surface area contributed by atoms with Crippen molar-refractivity contribution in [2.45, 2.75) is 50.3 Å². The molecule has 3 heterocycles. The summed E-state index contributed by atoms with van der Waals surface area (Å²) in [6.45, 7) is 2.05. The van der Waals surface area contributed by atoms with Gasteiger partial charge in [0.05, 0.1) is 16.0 Å². The molecule has 0 atom stereocenters. The number of halogens is 3. The summed E-state index contributed by atoms with van der Waals surface area (Å²) in [5.41, 5.74) is 0.0124. The monoisotopic (exact) mass is 683 g/mol. The van der Waals surface area contributed by atoms with Crippen molar-refractivity contribution in [3.8, 4) is 5.69 Å². The van der Waals surface area contributed by atoms with Gasteiger partial charge >= 0.3 is 5.69 Å². The first-order valence-electron chi connectivity index (χ1n) is 10.3. The third kappa shape index (κ3) is 3.02. The lowest BCUT2D eigenvalue weighted by atomic mass is 10.2. The standard InChI is InChI=1S/C21H20FI2N3O4S/c1-12-17-18(16-3-2-10-25(16)19(12)28)27(32(30,31)21(6-7-21)8-9-23)20(29)26(17)15-5-4-13(24)11-14(15)22/h4-5,11H,2-3,6-10H2,1H3. The number of pyridine rings is 1. The van der Waals surface area contributed by atoms with Crippen molar-refractivity contribution in [3.63, 3.8) is 0 Å². The highest BCUT2D eigenvalue weighted by molar-refractivity contribution is 14.1. The Balaban J connectivity index is 1.98. The Bertz CT molecular complexity index is 1520. The van der Waals surface area contributed by atoms with Crippen LogP contribution in [0.4, 0.5) is 4.39 Å². The summed E-state index contributed by atoms with van der Waals surface area (Å²) in [7, 11) is -4.07. The van der Waals surface area contributed by atoms with E-state index in [0.717, 1.165) is 8.54 Å². The van der Waals surface area contributed by atoms with Gasteiger partial charge in [-0.3, -0.25) is 9.36 Å². The first-order chi connectivity index (χ1) is 15.1. The number of rotatable bonds is 5. The van der Waals surface area contributed by atoms with Gasteiger partial charge in [-0.15, -0.1) is 0 Å². The SMILES string of the molecule is Cc1c(=O)n2c(c3c1n(-c1ccc(I)cc1F)c(=O)n3S(=O)(=O)C1(CCI)CC1)CCC2. The van der Waals surface area contributed by atoms with Gasteiger partial charge in [-0.1, -0.05) is 22.6 Å². The van der Waals surface area contributed by atoms with Gasteiger partial charge in [-0.25, -0.2) is 17.6 Å². The lowest BCUT2D eigenvalue weighted by Gasteiger charge is -2.17. The molecule has 0 spiro atoms. The molecule has 1 fully saturated rings. The number of aryl methyl sites for hydroxylation is 2. The Morgan fingerprint density at radius 2 is 1.91 bits per heavy atom. The summed E-state index contributed by atoms with van der Waals surface area (Å²) in [6, 6.07) is 4.39. The molecule has 32 heavy (non-hydrogen) atoms. The molecule has 1 aliphatic carbocycles. The summed E-state index contributed by atoms with van der Waals surface area (Å²) in [5, 5.41) is 0. The molecule has 7 nitrogen and oxygen atoms in total. The second kappa shape index (κ2) is 7.65. The van der Waals surface area contributed by atoms with E-state index in [4.69, 9.17) is 0 Å². The van der Waals surface area contributed by atoms with Crippen LogP contribution in [0.1, 0.15) is 36.9 Å². The largest absolute Gasteiger partial charge is 0.347 e. The molecule has 170 valence electrons. The molecular formula is C21H20FI2N3O4S. The highest BCUT2D eigenvalue weighted by Gasteiger charge is 2.56. The van der Waals surface area contributed by atoms with Crippen LogP contribution in [0, 0.1) is 16.3 Å². The summed E-state index contributed by atoms with van der Waals surface area (Å²) in [4.78, 5) is 26.9. The molecule has 1 aromatic carbocycles. The van der Waals surface area contributed by atoms with Gasteiger partial charge in [0.2, 0.25) is 10.0 Å². The molecule has 0 amide bonds. The number of alkyl halides is 1. The van der Waals surface area contributed by atoms with Crippen LogP contribution in [-0.4, -0.2) is 30.7 Å². The first-order valence-corrected chi connectivity index (χ1v) is 14.4. The second-order valence-corrected chi connectivity index (χ2v) is 12.9. The van der Waals surface area contributed by atoms with Crippen LogP contribution in [0.3, 0.4) is 0 Å². The fraction of sp³-hybridized carbons (Fsp3) is 0.429. The van der Waals surface area contributed by atoms with Gasteiger partial charge in [-0.2, -0.15) is 3.97 Å². The quantitative estimate of drug-likeness (QED) is 0.305. The molecule has 0 bridgehead atoms. The average Bonchev–Trinajstić information content (AvgIpc) is 3.25. The summed E-state index contributed by atoms with van der Waals surface area (Å²) in [6.07, 6.45) is 2.59. The van der Waals surface area contributed by atoms with Crippen molar-refractivity contribution in [3.05, 3.63) is 59.7 Å². The van der Waals surface area contributed by atoms with Crippen LogP contribution in [0.25, 0.3) is 16.7 Å². The Kier molecular flexibility index (Phi) is 5.40. The van der Waals surface area contributed by atoms with Crippen LogP contribution in [0.2, 0.25) is 0 Å². The summed E-state index contributed by atoms with van der Waals surface area (Å²) < 4.78 is 46.6. The minimum Gasteiger partial charge on any atom is -0.310 e. The van der Waals surface area contributed by atoms with E-state index < -0.39 is 26.3 Å². The number of benzene rings is 1. The Morgan fingerprint density at radius 3 is 2.53 bits per heavy atom. The van der Waals surface area contributed by atoms with Gasteiger partial charge in [0, 0.05) is 25.8 Å². The highest BCUT2D eigenvalue weighted by atomic mass is 127. The molecular weight excluding hydrogens is 663 g/mol. The minimum atomic E-state index is -4.07. The van der Waals surface area contributed by atoms with Crippen molar-refractivity contribution < 1.29 is 12.8 Å². The van der Waals surface area contributed by atoms with E-state index in [0.29, 0.717) is 52.3 Å². The fourth-order valence-electron chi connectivity index (χ4n) is 4.78. The van der Waals surface area contributed by atoms with Crippen LogP contribution in [-0.2, 0) is 23.0 Å². The van der Waals surface area contributed by atoms with E-state index in [1.54, 1.807) is 17.6 Å². The number of aromatic nitrogens is 3. The highest BCUT2D eigenvalue weighted by Crippen LogP contribution is 2.48. The van der Waals surface area contributed by atoms with Gasteiger partial charge in [0.25, 0.3) is 5.56 Å². The van der Waals surface area contributed by atoms with Gasteiger partial charge in [0.15, 0.2) is 0 Å². The minimum absolute atomic E-state index is 0.0569. The van der Waals surface area contributed by atoms with Crippen LogP contribution in [0.5, 0.6) is 0 Å². The lowest BCUT2D eigenvalue weighted by molar-refractivity contribution is 0.563. The molecule has 2 aliphatic rings. The predicted octanol–water partition coefficient (Wildman–Crippen LogP) is 3.49. The second-order valence-electron chi connectivity index (χ2n) is 8.43. The molecule has 0 N–H and O–H groups in total. The molecule has 1 saturated carbocycles. The Labute approximate surface area is 210 Å². The van der Waals surface area contributed by atoms with Crippen LogP contribution in [0.15, 0.2) is 27.8 Å². The van der Waals surface area contributed by atoms with Crippen LogP contribution >= 0.6 is 45.2 Å². The Morgan fingerprint density at radius 1 is 1.19 bits per heavy atom. The molecule has 3 aromatic rings. The van der Waals surface area contributed by atoms with E-state index in [9.17, 15) is 18.0 Å². The molecule has 11 heteroatoms. The third-order valence-corrected chi connectivity index (χ3v) is 10.4. The van der Waals surface area contributed by atoms with Crippen molar-refractivity contribution in [2.24, 2.45) is 0 Å². The molecule has 0 radical (unpaired) electrons. The lowest BCUT2D eigenvalue weighted by Crippen LogP contribution is -2.37. The normalized spacial score (nSPS) is 17.1. The maximum Gasteiger partial charge on any atom is 0.347 e. The van der Waals surface area contributed by atoms with Crippen LogP contribution < -0.4 is 11.2 Å². The topological polar surface area (TPSA) is 83.1 Å². The molecule has 5 rings (SSSR count). The molecule has 0 unspecified atom stereocenters. The zero-order chi connectivity index (χ0) is 23.0. The van der Waals surface area contributed by atoms with E-state index in [2.05, 4.69) is 22.6 Å². The van der Waals surface area contributed by atoms with Gasteiger partial charge in [-0.05, 0) is 79.8 Å². The van der Waals surface area contributed by atoms with E-state index >= 15 is 4.39 Å². The maximum absolute atomic E-state index is 15.0. The van der Waals surface area contributed by atoms with Crippen molar-refractivity contribution in [2.75, 3.05) is 4.43 Å². The number of nitrogens with zero attached hydrogens (tertiary/aromatic N) is 3. The fourth-order valence-corrected chi connectivity index (χ4v) is 8.72. The third-order valence-electron chi connectivity index (χ3n) is 6.63. The zero-order valence-electron chi connectivity index (χ0n) is 17.2. The summed E-state index contributed by atoms with van der Waals surface area (Å²) >= 11 is 4.11. The van der Waals surface area contributed by atoms with Gasteiger partial charge < -0.3 is 4.57 Å². The number of hydrogen-bond donors (Lipinski definition) is 0. The smallest absolute Gasteiger partial charge is 0.310 e. The molecule has 1 aliphatic heterocycles. The number of imidazole rings is 1. The first kappa shape index (κ1) is 22.6. The zero-order valence-corrected chi connectivity index (χ0v) is 22.3.